The molecule has 1 rings (SSSR count). The van der Waals surface area contributed by atoms with Crippen molar-refractivity contribution in [1.29, 1.82) is 0 Å². The number of phenols is 1. The van der Waals surface area contributed by atoms with Crippen molar-refractivity contribution in [2.45, 2.75) is 6.92 Å². The van der Waals surface area contributed by atoms with Gasteiger partial charge in [-0.15, -0.1) is 0 Å². The summed E-state index contributed by atoms with van der Waals surface area (Å²) < 4.78 is 0. The highest BCUT2D eigenvalue weighted by molar-refractivity contribution is 5.93. The van der Waals surface area contributed by atoms with Gasteiger partial charge in [-0.25, -0.2) is 5.06 Å². The van der Waals surface area contributed by atoms with E-state index in [1.165, 1.54) is 20.2 Å². The van der Waals surface area contributed by atoms with Crippen LogP contribution in [0.2, 0.25) is 0 Å². The second kappa shape index (κ2) is 4.11. The number of nitrogens with zero attached hydrogens (tertiary/aromatic N) is 1. The third-order valence-corrected chi connectivity index (χ3v) is 2.02. The first-order valence-corrected chi connectivity index (χ1v) is 4.18. The van der Waals surface area contributed by atoms with Crippen LogP contribution in [0.3, 0.4) is 0 Å². The van der Waals surface area contributed by atoms with E-state index in [4.69, 9.17) is 4.84 Å². The fourth-order valence-corrected chi connectivity index (χ4v) is 1.01. The Kier molecular flexibility index (Phi) is 3.09. The predicted molar refractivity (Wildman–Crippen MR) is 51.9 cm³/mol. The lowest BCUT2D eigenvalue weighted by atomic mass is 10.1. The van der Waals surface area contributed by atoms with Gasteiger partial charge in [0.1, 0.15) is 5.75 Å². The minimum atomic E-state index is -0.289. The molecule has 4 nitrogen and oxygen atoms in total. The molecule has 0 atom stereocenters. The summed E-state index contributed by atoms with van der Waals surface area (Å²) in [6.07, 6.45) is 0. The third-order valence-electron chi connectivity index (χ3n) is 2.02. The molecule has 0 aliphatic carbocycles. The van der Waals surface area contributed by atoms with E-state index in [-0.39, 0.29) is 11.7 Å². The minimum Gasteiger partial charge on any atom is -0.508 e. The van der Waals surface area contributed by atoms with Crippen molar-refractivity contribution in [3.63, 3.8) is 0 Å². The van der Waals surface area contributed by atoms with Crippen LogP contribution in [0.4, 0.5) is 0 Å². The zero-order valence-electron chi connectivity index (χ0n) is 8.44. The first-order valence-electron chi connectivity index (χ1n) is 4.18. The number of rotatable bonds is 2. The van der Waals surface area contributed by atoms with E-state index in [9.17, 15) is 9.90 Å². The van der Waals surface area contributed by atoms with Gasteiger partial charge >= 0.3 is 0 Å². The van der Waals surface area contributed by atoms with Crippen LogP contribution in [0.1, 0.15) is 15.9 Å². The summed E-state index contributed by atoms with van der Waals surface area (Å²) >= 11 is 0. The topological polar surface area (TPSA) is 49.8 Å². The zero-order chi connectivity index (χ0) is 10.7. The van der Waals surface area contributed by atoms with Gasteiger partial charge in [0.2, 0.25) is 0 Å². The van der Waals surface area contributed by atoms with Crippen LogP contribution < -0.4 is 0 Å². The molecule has 0 heterocycles. The van der Waals surface area contributed by atoms with Crippen molar-refractivity contribution >= 4 is 5.91 Å². The summed E-state index contributed by atoms with van der Waals surface area (Å²) in [4.78, 5) is 16.3. The van der Waals surface area contributed by atoms with E-state index >= 15 is 0 Å². The second-order valence-electron chi connectivity index (χ2n) is 2.99. The van der Waals surface area contributed by atoms with Crippen LogP contribution in [0.25, 0.3) is 0 Å². The SMILES string of the molecule is CON(C)C(=O)c1ccc(C)c(O)c1. The first-order chi connectivity index (χ1) is 6.56. The fourth-order valence-electron chi connectivity index (χ4n) is 1.01. The molecular formula is C10H13NO3. The number of hydrogen-bond donors (Lipinski definition) is 1. The Bertz CT molecular complexity index is 349. The maximum absolute atomic E-state index is 11.5. The number of hydrogen-bond acceptors (Lipinski definition) is 3. The largest absolute Gasteiger partial charge is 0.508 e. The van der Waals surface area contributed by atoms with Gasteiger partial charge in [-0.3, -0.25) is 9.63 Å². The van der Waals surface area contributed by atoms with Crippen LogP contribution in [0, 0.1) is 6.92 Å². The van der Waals surface area contributed by atoms with E-state index in [1.54, 1.807) is 19.1 Å². The van der Waals surface area contributed by atoms with Gasteiger partial charge in [-0.1, -0.05) is 6.07 Å². The summed E-state index contributed by atoms with van der Waals surface area (Å²) in [5.74, 6) is -0.178. The van der Waals surface area contributed by atoms with Gasteiger partial charge < -0.3 is 5.11 Å². The normalized spacial score (nSPS) is 9.93. The quantitative estimate of drug-likeness (QED) is 0.724. The van der Waals surface area contributed by atoms with Crippen LogP contribution in [-0.2, 0) is 4.84 Å². The van der Waals surface area contributed by atoms with Gasteiger partial charge in [-0.05, 0) is 24.6 Å². The Hall–Kier alpha value is -1.55. The Morgan fingerprint density at radius 1 is 1.50 bits per heavy atom. The minimum absolute atomic E-state index is 0.111. The Labute approximate surface area is 82.7 Å². The zero-order valence-corrected chi connectivity index (χ0v) is 8.44. The first kappa shape index (κ1) is 10.5. The summed E-state index contributed by atoms with van der Waals surface area (Å²) in [7, 11) is 2.92. The highest BCUT2D eigenvalue weighted by Gasteiger charge is 2.11. The molecule has 1 amide bonds. The fraction of sp³-hybridized carbons (Fsp3) is 0.300. The lowest BCUT2D eigenvalue weighted by Crippen LogP contribution is -2.25. The Balaban J connectivity index is 2.97. The molecule has 0 radical (unpaired) electrons. The smallest absolute Gasteiger partial charge is 0.277 e. The maximum Gasteiger partial charge on any atom is 0.277 e. The summed E-state index contributed by atoms with van der Waals surface area (Å²) in [5.41, 5.74) is 1.14. The molecule has 0 spiro atoms. The van der Waals surface area contributed by atoms with E-state index in [2.05, 4.69) is 0 Å². The number of amides is 1. The average molecular weight is 195 g/mol. The molecule has 14 heavy (non-hydrogen) atoms. The van der Waals surface area contributed by atoms with Crippen molar-refractivity contribution in [2.75, 3.05) is 14.2 Å². The second-order valence-corrected chi connectivity index (χ2v) is 2.99. The molecular weight excluding hydrogens is 182 g/mol. The van der Waals surface area contributed by atoms with E-state index in [0.29, 0.717) is 5.56 Å². The van der Waals surface area contributed by atoms with E-state index < -0.39 is 0 Å². The molecule has 0 aliphatic rings. The number of aryl methyl sites for hydroxylation is 1. The van der Waals surface area contributed by atoms with Crippen molar-refractivity contribution in [3.05, 3.63) is 29.3 Å². The molecule has 4 heteroatoms. The number of phenolic OH excluding ortho intramolecular Hbond substituents is 1. The average Bonchev–Trinajstić information content (AvgIpc) is 2.20. The highest BCUT2D eigenvalue weighted by Crippen LogP contribution is 2.18. The highest BCUT2D eigenvalue weighted by atomic mass is 16.7. The van der Waals surface area contributed by atoms with Gasteiger partial charge in [0.05, 0.1) is 7.11 Å². The molecule has 1 N–H and O–H groups in total. The molecule has 1 aromatic rings. The predicted octanol–water partition coefficient (Wildman–Crippen LogP) is 1.33. The van der Waals surface area contributed by atoms with Gasteiger partial charge in [0.15, 0.2) is 0 Å². The Morgan fingerprint density at radius 3 is 2.64 bits per heavy atom. The molecule has 0 saturated heterocycles. The number of carbonyl (C=O) groups excluding carboxylic acids is 1. The number of carbonyl (C=O) groups is 1. The van der Waals surface area contributed by atoms with Gasteiger partial charge in [0, 0.05) is 12.6 Å². The van der Waals surface area contributed by atoms with Crippen LogP contribution >= 0.6 is 0 Å². The molecule has 76 valence electrons. The molecule has 0 unspecified atom stereocenters. The molecule has 0 saturated carbocycles. The molecule has 0 aromatic heterocycles. The van der Waals surface area contributed by atoms with E-state index in [1.807, 2.05) is 0 Å². The molecule has 1 aromatic carbocycles. The lowest BCUT2D eigenvalue weighted by Gasteiger charge is -2.13. The summed E-state index contributed by atoms with van der Waals surface area (Å²) in [6.45, 7) is 1.77. The van der Waals surface area contributed by atoms with Crippen LogP contribution in [0.5, 0.6) is 5.75 Å². The van der Waals surface area contributed by atoms with Crippen molar-refractivity contribution in [3.8, 4) is 5.75 Å². The molecule has 0 bridgehead atoms. The van der Waals surface area contributed by atoms with Gasteiger partial charge in [-0.2, -0.15) is 0 Å². The standard InChI is InChI=1S/C10H13NO3/c1-7-4-5-8(6-9(7)12)10(13)11(2)14-3/h4-6,12H,1-3H3. The van der Waals surface area contributed by atoms with Crippen molar-refractivity contribution in [2.24, 2.45) is 0 Å². The summed E-state index contributed by atoms with van der Waals surface area (Å²) in [6, 6.07) is 4.76. The molecule has 0 aliphatic heterocycles. The summed E-state index contributed by atoms with van der Waals surface area (Å²) in [5, 5.41) is 10.5. The van der Waals surface area contributed by atoms with E-state index in [0.717, 1.165) is 10.6 Å². The van der Waals surface area contributed by atoms with Crippen LogP contribution in [-0.4, -0.2) is 30.2 Å². The van der Waals surface area contributed by atoms with Gasteiger partial charge in [0.25, 0.3) is 5.91 Å². The van der Waals surface area contributed by atoms with Crippen LogP contribution in [0.15, 0.2) is 18.2 Å². The maximum atomic E-state index is 11.5. The monoisotopic (exact) mass is 195 g/mol. The number of hydroxylamine groups is 2. The lowest BCUT2D eigenvalue weighted by molar-refractivity contribution is -0.0757. The molecule has 0 fully saturated rings. The third kappa shape index (κ3) is 2.03. The van der Waals surface area contributed by atoms with Crippen molar-refractivity contribution in [1.82, 2.24) is 5.06 Å². The number of aromatic hydroxyl groups is 1. The Morgan fingerprint density at radius 2 is 2.14 bits per heavy atom. The number of benzene rings is 1. The van der Waals surface area contributed by atoms with Crippen molar-refractivity contribution < 1.29 is 14.7 Å².